The molecule has 0 aliphatic carbocycles. The van der Waals surface area contributed by atoms with E-state index >= 15 is 0 Å². The summed E-state index contributed by atoms with van der Waals surface area (Å²) in [4.78, 5) is 60.5. The number of hydrogen-bond donors (Lipinski definition) is 7. The molecule has 0 aliphatic heterocycles. The Morgan fingerprint density at radius 1 is 0.912 bits per heavy atom. The second-order valence-corrected chi connectivity index (χ2v) is 8.37. The number of amides is 3. The molecular weight excluding hydrogens is 468 g/mol. The van der Waals surface area contributed by atoms with Crippen LogP contribution in [0, 0.1) is 0 Å². The first-order valence-electron chi connectivity index (χ1n) is 10.3. The van der Waals surface area contributed by atoms with E-state index in [-0.39, 0.29) is 12.8 Å². The molecule has 0 saturated heterocycles. The van der Waals surface area contributed by atoms with Gasteiger partial charge in [0.25, 0.3) is 0 Å². The fourth-order valence-electron chi connectivity index (χ4n) is 2.84. The van der Waals surface area contributed by atoms with Crippen molar-refractivity contribution < 1.29 is 39.3 Å². The number of nitrogens with two attached hydrogens (primary N) is 1. The molecule has 1 rings (SSSR count). The maximum Gasteiger partial charge on any atom is 0.326 e. The van der Waals surface area contributed by atoms with Gasteiger partial charge >= 0.3 is 11.9 Å². The van der Waals surface area contributed by atoms with Gasteiger partial charge in [0.1, 0.15) is 24.2 Å². The average molecular weight is 499 g/mol. The lowest BCUT2D eigenvalue weighted by Crippen LogP contribution is -2.58. The van der Waals surface area contributed by atoms with Crippen LogP contribution < -0.4 is 21.7 Å². The number of aliphatic carboxylic acids is 2. The Hall–Kier alpha value is -3.16. The van der Waals surface area contributed by atoms with Crippen molar-refractivity contribution in [3.63, 3.8) is 0 Å². The van der Waals surface area contributed by atoms with Crippen LogP contribution in [0.1, 0.15) is 18.4 Å². The third kappa shape index (κ3) is 10.2. The van der Waals surface area contributed by atoms with Crippen molar-refractivity contribution in [1.82, 2.24) is 16.0 Å². The van der Waals surface area contributed by atoms with E-state index in [1.54, 1.807) is 36.6 Å². The minimum absolute atomic E-state index is 0.0545. The van der Waals surface area contributed by atoms with Gasteiger partial charge in [-0.25, -0.2) is 4.79 Å². The van der Waals surface area contributed by atoms with Gasteiger partial charge in [0.2, 0.25) is 17.7 Å². The van der Waals surface area contributed by atoms with E-state index in [1.807, 2.05) is 0 Å². The maximum absolute atomic E-state index is 12.8. The second-order valence-electron chi connectivity index (χ2n) is 7.38. The summed E-state index contributed by atoms with van der Waals surface area (Å²) >= 11 is 1.39. The van der Waals surface area contributed by atoms with E-state index in [1.165, 1.54) is 11.8 Å². The number of aliphatic hydroxyl groups excluding tert-OH is 1. The van der Waals surface area contributed by atoms with E-state index in [2.05, 4.69) is 16.0 Å². The molecule has 0 spiro atoms. The summed E-state index contributed by atoms with van der Waals surface area (Å²) in [6.45, 7) is -0.648. The number of carbonyl (C=O) groups excluding carboxylic acids is 3. The van der Waals surface area contributed by atoms with Crippen molar-refractivity contribution in [2.45, 2.75) is 43.4 Å². The Morgan fingerprint density at radius 3 is 2.00 bits per heavy atom. The van der Waals surface area contributed by atoms with E-state index < -0.39 is 66.9 Å². The highest BCUT2D eigenvalue weighted by atomic mass is 32.2. The van der Waals surface area contributed by atoms with Crippen LogP contribution in [-0.2, 0) is 30.4 Å². The van der Waals surface area contributed by atoms with Crippen LogP contribution in [-0.4, -0.2) is 87.8 Å². The summed E-state index contributed by atoms with van der Waals surface area (Å²) in [6.07, 6.45) is 1.05. The molecule has 34 heavy (non-hydrogen) atoms. The first kappa shape index (κ1) is 28.9. The normalized spacial score (nSPS) is 14.2. The monoisotopic (exact) mass is 498 g/mol. The highest BCUT2D eigenvalue weighted by Crippen LogP contribution is 2.06. The maximum atomic E-state index is 12.8. The van der Waals surface area contributed by atoms with Crippen molar-refractivity contribution in [1.29, 1.82) is 0 Å². The van der Waals surface area contributed by atoms with Crippen molar-refractivity contribution in [2.24, 2.45) is 5.73 Å². The number of carboxylic acids is 2. The molecule has 8 N–H and O–H groups in total. The molecule has 0 aromatic heterocycles. The van der Waals surface area contributed by atoms with E-state index in [0.717, 1.165) is 0 Å². The van der Waals surface area contributed by atoms with Gasteiger partial charge in [-0.1, -0.05) is 30.3 Å². The lowest BCUT2D eigenvalue weighted by atomic mass is 10.0. The summed E-state index contributed by atoms with van der Waals surface area (Å²) in [5, 5.41) is 34.6. The number of rotatable bonds is 15. The molecule has 0 fully saturated rings. The Kier molecular flexibility index (Phi) is 12.6. The molecule has 0 bridgehead atoms. The number of benzene rings is 1. The van der Waals surface area contributed by atoms with Gasteiger partial charge < -0.3 is 37.0 Å². The molecule has 12 nitrogen and oxygen atoms in total. The predicted octanol–water partition coefficient (Wildman–Crippen LogP) is -1.68. The molecule has 1 aromatic carbocycles. The first-order chi connectivity index (χ1) is 16.1. The lowest BCUT2D eigenvalue weighted by Gasteiger charge is -2.24. The zero-order chi connectivity index (χ0) is 25.7. The molecule has 0 saturated carbocycles. The summed E-state index contributed by atoms with van der Waals surface area (Å²) in [7, 11) is 0. The minimum Gasteiger partial charge on any atom is -0.481 e. The summed E-state index contributed by atoms with van der Waals surface area (Å²) < 4.78 is 0. The predicted molar refractivity (Wildman–Crippen MR) is 124 cm³/mol. The summed E-state index contributed by atoms with van der Waals surface area (Å²) in [6, 6.07) is 3.13. The molecule has 3 amide bonds. The van der Waals surface area contributed by atoms with Crippen LogP contribution in [0.2, 0.25) is 0 Å². The van der Waals surface area contributed by atoms with Crippen molar-refractivity contribution in [2.75, 3.05) is 18.6 Å². The number of hydrogen-bond acceptors (Lipinski definition) is 8. The molecule has 4 atom stereocenters. The van der Waals surface area contributed by atoms with Crippen LogP contribution in [0.15, 0.2) is 30.3 Å². The Labute approximate surface area is 200 Å². The van der Waals surface area contributed by atoms with Gasteiger partial charge in [-0.15, -0.1) is 0 Å². The third-order valence-corrected chi connectivity index (χ3v) is 5.33. The third-order valence-electron chi connectivity index (χ3n) is 4.69. The average Bonchev–Trinajstić information content (AvgIpc) is 2.80. The lowest BCUT2D eigenvalue weighted by molar-refractivity contribution is -0.143. The molecule has 0 heterocycles. The van der Waals surface area contributed by atoms with Crippen LogP contribution in [0.25, 0.3) is 0 Å². The first-order valence-corrected chi connectivity index (χ1v) is 11.7. The van der Waals surface area contributed by atoms with Crippen molar-refractivity contribution in [3.8, 4) is 0 Å². The van der Waals surface area contributed by atoms with Gasteiger partial charge in [-0.2, -0.15) is 11.8 Å². The Balaban J connectivity index is 2.98. The second kappa shape index (κ2) is 14.9. The van der Waals surface area contributed by atoms with Crippen LogP contribution in [0.5, 0.6) is 0 Å². The van der Waals surface area contributed by atoms with Gasteiger partial charge in [0, 0.05) is 6.42 Å². The fraction of sp³-hybridized carbons (Fsp3) is 0.476. The summed E-state index contributed by atoms with van der Waals surface area (Å²) in [5.74, 6) is -4.93. The van der Waals surface area contributed by atoms with E-state index in [9.17, 15) is 34.2 Å². The van der Waals surface area contributed by atoms with E-state index in [4.69, 9.17) is 10.8 Å². The minimum atomic E-state index is -1.59. The molecular formula is C21H30N4O8S. The van der Waals surface area contributed by atoms with Crippen molar-refractivity contribution in [3.05, 3.63) is 35.9 Å². The molecule has 0 radical (unpaired) electrons. The highest BCUT2D eigenvalue weighted by Gasteiger charge is 2.31. The number of nitrogens with one attached hydrogen (secondary N) is 3. The van der Waals surface area contributed by atoms with Gasteiger partial charge in [0.05, 0.1) is 13.0 Å². The SMILES string of the molecule is CSCCC(NC(=O)C(N)CO)C(=O)NC(CC(=O)O)C(=O)NC(Cc1ccccc1)C(=O)O. The quantitative estimate of drug-likeness (QED) is 0.146. The standard InChI is InChI=1S/C21H30N4O8S/c1-34-8-7-14(23-18(29)13(22)11-26)19(30)24-15(10-17(27)28)20(31)25-16(21(32)33)9-12-5-3-2-4-6-12/h2-6,13-16,26H,7-11,22H2,1H3,(H,23,29)(H,24,30)(H,25,31)(H,27,28)(H,32,33). The van der Waals surface area contributed by atoms with Crippen LogP contribution >= 0.6 is 11.8 Å². The molecule has 0 aliphatic rings. The van der Waals surface area contributed by atoms with Gasteiger partial charge in [-0.05, 0) is 24.0 Å². The van der Waals surface area contributed by atoms with Gasteiger partial charge in [-0.3, -0.25) is 19.2 Å². The largest absolute Gasteiger partial charge is 0.481 e. The zero-order valence-electron chi connectivity index (χ0n) is 18.6. The topological polar surface area (TPSA) is 208 Å². The van der Waals surface area contributed by atoms with Crippen LogP contribution in [0.4, 0.5) is 0 Å². The number of carboxylic acid groups (broad SMARTS) is 2. The summed E-state index contributed by atoms with van der Waals surface area (Å²) in [5.41, 5.74) is 6.09. The molecule has 188 valence electrons. The van der Waals surface area contributed by atoms with Crippen molar-refractivity contribution >= 4 is 41.4 Å². The molecule has 1 aromatic rings. The Morgan fingerprint density at radius 2 is 1.47 bits per heavy atom. The fourth-order valence-corrected chi connectivity index (χ4v) is 3.32. The number of carbonyl (C=O) groups is 5. The Bertz CT molecular complexity index is 854. The van der Waals surface area contributed by atoms with Crippen LogP contribution in [0.3, 0.4) is 0 Å². The number of aliphatic hydroxyl groups is 1. The smallest absolute Gasteiger partial charge is 0.326 e. The molecule has 13 heteroatoms. The molecule has 4 unspecified atom stereocenters. The highest BCUT2D eigenvalue weighted by molar-refractivity contribution is 7.98. The number of thioether (sulfide) groups is 1. The van der Waals surface area contributed by atoms with Gasteiger partial charge in [0.15, 0.2) is 0 Å². The zero-order valence-corrected chi connectivity index (χ0v) is 19.4. The van der Waals surface area contributed by atoms with E-state index in [0.29, 0.717) is 11.3 Å².